The maximum Gasteiger partial charge on any atom is 0.327 e. The molecule has 29 heavy (non-hydrogen) atoms. The van der Waals surface area contributed by atoms with Crippen LogP contribution in [0, 0.1) is 5.82 Å². The van der Waals surface area contributed by atoms with Crippen molar-refractivity contribution in [2.75, 3.05) is 54.9 Å². The molecule has 3 aromatic heterocycles. The topological polar surface area (TPSA) is 81.9 Å². The molecule has 1 saturated heterocycles. The highest BCUT2D eigenvalue weighted by Crippen LogP contribution is 2.34. The van der Waals surface area contributed by atoms with Gasteiger partial charge in [-0.15, -0.1) is 0 Å². The minimum Gasteiger partial charge on any atom is -0.369 e. The maximum absolute atomic E-state index is 14.3. The number of anilines is 3. The van der Waals surface area contributed by atoms with E-state index in [-0.39, 0.29) is 5.69 Å². The summed E-state index contributed by atoms with van der Waals surface area (Å²) < 4.78 is 15.8. The molecule has 2 aliphatic heterocycles. The lowest BCUT2D eigenvalue weighted by molar-refractivity contribution is 0.257. The van der Waals surface area contributed by atoms with Gasteiger partial charge in [-0.05, 0) is 19.5 Å². The molecule has 9 nitrogen and oxygen atoms in total. The Labute approximate surface area is 166 Å². The van der Waals surface area contributed by atoms with Crippen LogP contribution in [-0.2, 0) is 6.42 Å². The molecule has 0 spiro atoms. The number of nitrogens with one attached hydrogen (secondary N) is 1. The highest BCUT2D eigenvalue weighted by molar-refractivity contribution is 6.03. The maximum atomic E-state index is 14.3. The van der Waals surface area contributed by atoms with Crippen molar-refractivity contribution in [3.63, 3.8) is 0 Å². The average Bonchev–Trinajstić information content (AvgIpc) is 3.35. The van der Waals surface area contributed by atoms with E-state index in [2.05, 4.69) is 37.2 Å². The predicted molar refractivity (Wildman–Crippen MR) is 107 cm³/mol. The quantitative estimate of drug-likeness (QED) is 0.709. The van der Waals surface area contributed by atoms with Gasteiger partial charge >= 0.3 is 6.03 Å². The molecule has 0 aromatic carbocycles. The predicted octanol–water partition coefficient (Wildman–Crippen LogP) is 1.61. The number of amides is 2. The number of rotatable bonds is 2. The molecule has 2 amide bonds. The number of carbonyl (C=O) groups is 1. The Kier molecular flexibility index (Phi) is 4.27. The van der Waals surface area contributed by atoms with Crippen LogP contribution in [0.1, 0.15) is 5.56 Å². The van der Waals surface area contributed by atoms with Gasteiger partial charge in [0.15, 0.2) is 11.5 Å². The minimum absolute atomic E-state index is 0.0525. The number of aromatic nitrogens is 4. The largest absolute Gasteiger partial charge is 0.369 e. The second kappa shape index (κ2) is 6.96. The third-order valence-electron chi connectivity index (χ3n) is 5.55. The van der Waals surface area contributed by atoms with Gasteiger partial charge in [0.05, 0.1) is 11.9 Å². The molecule has 0 atom stereocenters. The Morgan fingerprint density at radius 3 is 2.83 bits per heavy atom. The molecule has 1 N–H and O–H groups in total. The fourth-order valence-electron chi connectivity index (χ4n) is 3.93. The van der Waals surface area contributed by atoms with Gasteiger partial charge in [0, 0.05) is 56.2 Å². The van der Waals surface area contributed by atoms with Crippen molar-refractivity contribution in [1.82, 2.24) is 24.5 Å². The van der Waals surface area contributed by atoms with Gasteiger partial charge in [-0.3, -0.25) is 4.90 Å². The molecule has 2 aliphatic rings. The van der Waals surface area contributed by atoms with Gasteiger partial charge in [0.25, 0.3) is 0 Å². The summed E-state index contributed by atoms with van der Waals surface area (Å²) in [6.07, 6.45) is 5.21. The van der Waals surface area contributed by atoms with Gasteiger partial charge in [-0.25, -0.2) is 23.7 Å². The first-order chi connectivity index (χ1) is 14.1. The van der Waals surface area contributed by atoms with Gasteiger partial charge in [-0.2, -0.15) is 5.10 Å². The number of hydrogen-bond acceptors (Lipinski definition) is 6. The van der Waals surface area contributed by atoms with Crippen LogP contribution in [0.3, 0.4) is 0 Å². The molecular formula is C19H21FN8O. The van der Waals surface area contributed by atoms with Gasteiger partial charge in [-0.1, -0.05) is 0 Å². The molecule has 5 heterocycles. The monoisotopic (exact) mass is 396 g/mol. The summed E-state index contributed by atoms with van der Waals surface area (Å²) in [4.78, 5) is 27.5. The number of carbonyl (C=O) groups excluding carboxylic acids is 1. The molecular weight excluding hydrogens is 375 g/mol. The van der Waals surface area contributed by atoms with E-state index in [1.165, 1.54) is 23.1 Å². The number of hydrogen-bond donors (Lipinski definition) is 1. The van der Waals surface area contributed by atoms with E-state index in [0.717, 1.165) is 43.9 Å². The van der Waals surface area contributed by atoms with Crippen LogP contribution in [0.4, 0.5) is 26.4 Å². The van der Waals surface area contributed by atoms with E-state index in [4.69, 9.17) is 0 Å². The van der Waals surface area contributed by atoms with E-state index in [1.54, 1.807) is 11.1 Å². The first-order valence-electron chi connectivity index (χ1n) is 9.59. The number of likely N-dealkylation sites (N-methyl/N-ethyl adjacent to an activating group) is 1. The van der Waals surface area contributed by atoms with Gasteiger partial charge < -0.3 is 15.1 Å². The zero-order chi connectivity index (χ0) is 20.0. The second-order valence-corrected chi connectivity index (χ2v) is 7.35. The lowest BCUT2D eigenvalue weighted by Gasteiger charge is -2.35. The van der Waals surface area contributed by atoms with E-state index in [9.17, 15) is 9.18 Å². The van der Waals surface area contributed by atoms with Crippen molar-refractivity contribution in [3.8, 4) is 0 Å². The number of urea groups is 1. The fraction of sp³-hybridized carbons (Fsp3) is 0.368. The van der Waals surface area contributed by atoms with E-state index in [1.807, 2.05) is 6.07 Å². The number of nitrogens with zero attached hydrogens (tertiary/aromatic N) is 7. The molecule has 0 unspecified atom stereocenters. The number of fused-ring (bicyclic) bond motifs is 2. The van der Waals surface area contributed by atoms with Crippen LogP contribution >= 0.6 is 0 Å². The van der Waals surface area contributed by atoms with Crippen LogP contribution < -0.4 is 15.1 Å². The zero-order valence-corrected chi connectivity index (χ0v) is 16.0. The van der Waals surface area contributed by atoms with Crippen molar-refractivity contribution < 1.29 is 9.18 Å². The van der Waals surface area contributed by atoms with Crippen LogP contribution in [0.25, 0.3) is 5.65 Å². The smallest absolute Gasteiger partial charge is 0.327 e. The van der Waals surface area contributed by atoms with Crippen LogP contribution in [0.15, 0.2) is 30.9 Å². The van der Waals surface area contributed by atoms with Gasteiger partial charge in [0.1, 0.15) is 12.1 Å². The molecule has 0 radical (unpaired) electrons. The molecule has 3 aromatic rings. The standard InChI is InChI=1S/C19H21FN8O/c1-25-6-8-26(9-7-25)16-2-4-21-18-13(16)3-5-27(18)19(29)24-15-11-28-17(10-14(15)20)22-12-23-28/h2,4,10-12H,3,5-9H2,1H3,(H,24,29). The van der Waals surface area contributed by atoms with Crippen LogP contribution in [0.5, 0.6) is 0 Å². The second-order valence-electron chi connectivity index (χ2n) is 7.35. The summed E-state index contributed by atoms with van der Waals surface area (Å²) in [5, 5.41) is 6.63. The minimum atomic E-state index is -0.558. The molecule has 0 aliphatic carbocycles. The first-order valence-corrected chi connectivity index (χ1v) is 9.59. The van der Waals surface area contributed by atoms with E-state index >= 15 is 0 Å². The zero-order valence-electron chi connectivity index (χ0n) is 16.0. The first kappa shape index (κ1) is 17.8. The summed E-state index contributed by atoms with van der Waals surface area (Å²) >= 11 is 0. The summed E-state index contributed by atoms with van der Waals surface area (Å²) in [7, 11) is 2.12. The average molecular weight is 396 g/mol. The third kappa shape index (κ3) is 3.15. The summed E-state index contributed by atoms with van der Waals surface area (Å²) in [5.41, 5.74) is 2.63. The molecule has 150 valence electrons. The number of pyridine rings is 2. The van der Waals surface area contributed by atoms with E-state index < -0.39 is 11.8 Å². The molecule has 5 rings (SSSR count). The highest BCUT2D eigenvalue weighted by atomic mass is 19.1. The Balaban J connectivity index is 1.39. The molecule has 0 saturated carbocycles. The normalized spacial score (nSPS) is 17.0. The Morgan fingerprint density at radius 2 is 2.00 bits per heavy atom. The molecule has 10 heteroatoms. The summed E-state index contributed by atoms with van der Waals surface area (Å²) in [6.45, 7) is 4.41. The summed E-state index contributed by atoms with van der Waals surface area (Å²) in [5.74, 6) is 0.0820. The summed E-state index contributed by atoms with van der Waals surface area (Å²) in [6, 6.07) is 2.85. The van der Waals surface area contributed by atoms with Crippen LogP contribution in [0.2, 0.25) is 0 Å². The van der Waals surface area contributed by atoms with Crippen molar-refractivity contribution in [2.24, 2.45) is 0 Å². The van der Waals surface area contributed by atoms with E-state index in [0.29, 0.717) is 18.0 Å². The molecule has 0 bridgehead atoms. The van der Waals surface area contributed by atoms with Gasteiger partial charge in [0.2, 0.25) is 0 Å². The Morgan fingerprint density at radius 1 is 1.17 bits per heavy atom. The fourth-order valence-corrected chi connectivity index (χ4v) is 3.93. The number of piperazine rings is 1. The Bertz CT molecular complexity index is 1080. The molecule has 1 fully saturated rings. The van der Waals surface area contributed by atoms with Crippen LogP contribution in [-0.4, -0.2) is 70.3 Å². The van der Waals surface area contributed by atoms with Crippen molar-refractivity contribution in [3.05, 3.63) is 42.2 Å². The third-order valence-corrected chi connectivity index (χ3v) is 5.55. The van der Waals surface area contributed by atoms with Crippen molar-refractivity contribution in [1.29, 1.82) is 0 Å². The number of halogens is 1. The lowest BCUT2D eigenvalue weighted by Crippen LogP contribution is -2.44. The highest BCUT2D eigenvalue weighted by Gasteiger charge is 2.30. The van der Waals surface area contributed by atoms with Crippen molar-refractivity contribution >= 4 is 28.9 Å². The lowest BCUT2D eigenvalue weighted by atomic mass is 10.1. The van der Waals surface area contributed by atoms with Crippen molar-refractivity contribution in [2.45, 2.75) is 6.42 Å². The SMILES string of the molecule is CN1CCN(c2ccnc3c2CCN3C(=O)Nc2cn3ncnc3cc2F)CC1. The Hall–Kier alpha value is -3.27.